The molecule has 2 N–H and O–H groups in total. The summed E-state index contributed by atoms with van der Waals surface area (Å²) in [5.74, 6) is 4.91. The van der Waals surface area contributed by atoms with Gasteiger partial charge in [-0.05, 0) is 18.2 Å². The highest BCUT2D eigenvalue weighted by Crippen LogP contribution is 2.12. The molecule has 0 spiro atoms. The van der Waals surface area contributed by atoms with Crippen LogP contribution in [0.25, 0.3) is 0 Å². The van der Waals surface area contributed by atoms with E-state index in [9.17, 15) is 9.59 Å². The molecule has 1 aromatic rings. The highest BCUT2D eigenvalue weighted by Gasteiger charge is 2.06. The van der Waals surface area contributed by atoms with Crippen molar-refractivity contribution in [3.8, 4) is 11.8 Å². The number of rotatable bonds is 2. The summed E-state index contributed by atoms with van der Waals surface area (Å²) >= 11 is 0. The maximum absolute atomic E-state index is 11.3. The number of nitrogen functional groups attached to an aromatic ring is 1. The van der Waals surface area contributed by atoms with Gasteiger partial charge in [-0.1, -0.05) is 11.8 Å². The van der Waals surface area contributed by atoms with Crippen molar-refractivity contribution in [3.63, 3.8) is 0 Å². The Labute approximate surface area is 93.4 Å². The first-order valence-corrected chi connectivity index (χ1v) is 4.58. The molecule has 0 bridgehead atoms. The normalized spacial score (nSPS) is 8.81. The summed E-state index contributed by atoms with van der Waals surface area (Å²) in [6.07, 6.45) is 0.864. The summed E-state index contributed by atoms with van der Waals surface area (Å²) < 4.78 is 4.57. The third-order valence-corrected chi connectivity index (χ3v) is 1.79. The van der Waals surface area contributed by atoms with Crippen molar-refractivity contribution in [1.29, 1.82) is 0 Å². The molecule has 4 nitrogen and oxygen atoms in total. The number of esters is 1. The van der Waals surface area contributed by atoms with E-state index in [2.05, 4.69) is 16.6 Å². The SMILES string of the molecule is COC(=O)c1cc(N)cc(C#CCC=O)c1. The minimum absolute atomic E-state index is 0.155. The number of hydrogen-bond acceptors (Lipinski definition) is 4. The van der Waals surface area contributed by atoms with Gasteiger partial charge in [-0.15, -0.1) is 0 Å². The average Bonchev–Trinajstić information content (AvgIpc) is 2.27. The molecule has 0 aliphatic rings. The molecule has 4 heteroatoms. The first kappa shape index (κ1) is 11.8. The van der Waals surface area contributed by atoms with Crippen molar-refractivity contribution in [2.75, 3.05) is 12.8 Å². The van der Waals surface area contributed by atoms with Crippen LogP contribution in [0.2, 0.25) is 0 Å². The second-order valence-electron chi connectivity index (χ2n) is 3.01. The van der Waals surface area contributed by atoms with Gasteiger partial charge >= 0.3 is 5.97 Å². The zero-order valence-electron chi connectivity index (χ0n) is 8.82. The molecule has 16 heavy (non-hydrogen) atoms. The lowest BCUT2D eigenvalue weighted by Crippen LogP contribution is -2.02. The Kier molecular flexibility index (Phi) is 4.10. The highest BCUT2D eigenvalue weighted by molar-refractivity contribution is 5.90. The van der Waals surface area contributed by atoms with Crippen LogP contribution in [0.5, 0.6) is 0 Å². The van der Waals surface area contributed by atoms with Gasteiger partial charge in [0.25, 0.3) is 0 Å². The molecule has 1 aromatic carbocycles. The number of benzene rings is 1. The molecule has 82 valence electrons. The van der Waals surface area contributed by atoms with E-state index in [1.54, 1.807) is 12.1 Å². The van der Waals surface area contributed by atoms with Gasteiger partial charge in [0.2, 0.25) is 0 Å². The number of anilines is 1. The number of ether oxygens (including phenoxy) is 1. The third-order valence-electron chi connectivity index (χ3n) is 1.79. The zero-order valence-corrected chi connectivity index (χ0v) is 8.82. The summed E-state index contributed by atoms with van der Waals surface area (Å²) in [5, 5.41) is 0. The summed E-state index contributed by atoms with van der Waals surface area (Å²) in [6, 6.07) is 4.71. The lowest BCUT2D eigenvalue weighted by molar-refractivity contribution is -0.107. The highest BCUT2D eigenvalue weighted by atomic mass is 16.5. The monoisotopic (exact) mass is 217 g/mol. The van der Waals surface area contributed by atoms with Crippen molar-refractivity contribution in [1.82, 2.24) is 0 Å². The van der Waals surface area contributed by atoms with Crippen LogP contribution in [0.1, 0.15) is 22.3 Å². The van der Waals surface area contributed by atoms with Crippen LogP contribution in [0, 0.1) is 11.8 Å². The molecular formula is C12H11NO3. The van der Waals surface area contributed by atoms with E-state index in [0.717, 1.165) is 0 Å². The smallest absolute Gasteiger partial charge is 0.337 e. The Morgan fingerprint density at radius 2 is 2.25 bits per heavy atom. The van der Waals surface area contributed by atoms with Crippen molar-refractivity contribution in [2.45, 2.75) is 6.42 Å². The zero-order chi connectivity index (χ0) is 12.0. The van der Waals surface area contributed by atoms with Crippen LogP contribution in [-0.4, -0.2) is 19.4 Å². The quantitative estimate of drug-likeness (QED) is 0.347. The number of hydrogen-bond donors (Lipinski definition) is 1. The number of methoxy groups -OCH3 is 1. The first-order chi connectivity index (χ1) is 7.67. The van der Waals surface area contributed by atoms with Crippen molar-refractivity contribution in [2.24, 2.45) is 0 Å². The minimum atomic E-state index is -0.467. The molecule has 0 radical (unpaired) electrons. The molecule has 0 aliphatic heterocycles. The Bertz CT molecular complexity index is 469. The largest absolute Gasteiger partial charge is 0.465 e. The molecule has 0 aliphatic carbocycles. The van der Waals surface area contributed by atoms with Crippen LogP contribution in [0.3, 0.4) is 0 Å². The lowest BCUT2D eigenvalue weighted by Gasteiger charge is -2.01. The van der Waals surface area contributed by atoms with Gasteiger partial charge < -0.3 is 15.3 Å². The molecule has 0 saturated heterocycles. The van der Waals surface area contributed by atoms with Crippen molar-refractivity contribution in [3.05, 3.63) is 29.3 Å². The maximum Gasteiger partial charge on any atom is 0.337 e. The lowest BCUT2D eigenvalue weighted by atomic mass is 10.1. The predicted octanol–water partition coefficient (Wildman–Crippen LogP) is 0.996. The molecular weight excluding hydrogens is 206 g/mol. The van der Waals surface area contributed by atoms with Gasteiger partial charge in [0.05, 0.1) is 19.1 Å². The van der Waals surface area contributed by atoms with E-state index in [4.69, 9.17) is 5.73 Å². The molecule has 0 atom stereocenters. The Morgan fingerprint density at radius 1 is 1.50 bits per heavy atom. The number of aldehydes is 1. The number of nitrogens with two attached hydrogens (primary N) is 1. The summed E-state index contributed by atoms with van der Waals surface area (Å²) in [6.45, 7) is 0. The van der Waals surface area contributed by atoms with Crippen LogP contribution in [0.4, 0.5) is 5.69 Å². The van der Waals surface area contributed by atoms with Crippen LogP contribution in [-0.2, 0) is 9.53 Å². The molecule has 0 amide bonds. The topological polar surface area (TPSA) is 69.4 Å². The summed E-state index contributed by atoms with van der Waals surface area (Å²) in [7, 11) is 1.29. The van der Waals surface area contributed by atoms with Crippen molar-refractivity contribution < 1.29 is 14.3 Å². The molecule has 0 aromatic heterocycles. The fourth-order valence-electron chi connectivity index (χ4n) is 1.15. The van der Waals surface area contributed by atoms with E-state index in [1.807, 2.05) is 0 Å². The van der Waals surface area contributed by atoms with E-state index >= 15 is 0 Å². The summed E-state index contributed by atoms with van der Waals surface area (Å²) in [4.78, 5) is 21.3. The van der Waals surface area contributed by atoms with Gasteiger partial charge in [0, 0.05) is 11.3 Å². The number of carbonyl (C=O) groups is 2. The molecule has 0 fully saturated rings. The fraction of sp³-hybridized carbons (Fsp3) is 0.167. The second-order valence-corrected chi connectivity index (χ2v) is 3.01. The van der Waals surface area contributed by atoms with Gasteiger partial charge in [-0.25, -0.2) is 4.79 Å². The number of carbonyl (C=O) groups excluding carboxylic acids is 2. The van der Waals surface area contributed by atoms with Crippen molar-refractivity contribution >= 4 is 17.9 Å². The van der Waals surface area contributed by atoms with Gasteiger partial charge in [0.15, 0.2) is 0 Å². The molecule has 0 saturated carbocycles. The van der Waals surface area contributed by atoms with Crippen LogP contribution >= 0.6 is 0 Å². The van der Waals surface area contributed by atoms with E-state index in [0.29, 0.717) is 23.1 Å². The van der Waals surface area contributed by atoms with Gasteiger partial charge in [0.1, 0.15) is 6.29 Å². The predicted molar refractivity (Wildman–Crippen MR) is 59.8 cm³/mol. The van der Waals surface area contributed by atoms with E-state index in [-0.39, 0.29) is 6.42 Å². The Hall–Kier alpha value is -2.28. The Morgan fingerprint density at radius 3 is 2.88 bits per heavy atom. The fourth-order valence-corrected chi connectivity index (χ4v) is 1.15. The second kappa shape index (κ2) is 5.56. The van der Waals surface area contributed by atoms with Crippen LogP contribution < -0.4 is 5.73 Å². The molecule has 0 unspecified atom stereocenters. The average molecular weight is 217 g/mol. The first-order valence-electron chi connectivity index (χ1n) is 4.58. The summed E-state index contributed by atoms with van der Waals surface area (Å²) in [5.41, 5.74) is 6.97. The van der Waals surface area contributed by atoms with Gasteiger partial charge in [-0.3, -0.25) is 0 Å². The van der Waals surface area contributed by atoms with Crippen LogP contribution in [0.15, 0.2) is 18.2 Å². The molecule has 1 rings (SSSR count). The standard InChI is InChI=1S/C12H11NO3/c1-16-12(15)10-6-9(4-2-3-5-14)7-11(13)8-10/h5-8H,3,13H2,1H3. The van der Waals surface area contributed by atoms with Gasteiger partial charge in [-0.2, -0.15) is 0 Å². The minimum Gasteiger partial charge on any atom is -0.465 e. The molecule has 0 heterocycles. The third kappa shape index (κ3) is 3.14. The Balaban J connectivity index is 3.04. The van der Waals surface area contributed by atoms with E-state index in [1.165, 1.54) is 13.2 Å². The van der Waals surface area contributed by atoms with E-state index < -0.39 is 5.97 Å². The maximum atomic E-state index is 11.3.